The van der Waals surface area contributed by atoms with E-state index in [1.807, 2.05) is 20.8 Å². The summed E-state index contributed by atoms with van der Waals surface area (Å²) in [6, 6.07) is 1.80. The third-order valence-corrected chi connectivity index (χ3v) is 3.59. The molecule has 0 saturated carbocycles. The number of aromatic nitrogens is 1. The molecule has 3 nitrogen and oxygen atoms in total. The lowest BCUT2D eigenvalue weighted by molar-refractivity contribution is -0.116. The molecule has 0 aromatic carbocycles. The van der Waals surface area contributed by atoms with Crippen LogP contribution in [0, 0.1) is 12.8 Å². The Balaban J connectivity index is 2.71. The number of alkyl halides is 1. The lowest BCUT2D eigenvalue weighted by Crippen LogP contribution is -2.27. The van der Waals surface area contributed by atoms with Gasteiger partial charge in [-0.3, -0.25) is 9.78 Å². The number of rotatable bonds is 3. The summed E-state index contributed by atoms with van der Waals surface area (Å²) < 4.78 is 0. The van der Waals surface area contributed by atoms with Crippen LogP contribution in [-0.4, -0.2) is 15.7 Å². The van der Waals surface area contributed by atoms with Gasteiger partial charge in [-0.15, -0.1) is 0 Å². The second kappa shape index (κ2) is 5.26. The number of anilines is 1. The highest BCUT2D eigenvalue weighted by Gasteiger charge is 2.18. The van der Waals surface area contributed by atoms with Crippen molar-refractivity contribution < 1.29 is 4.79 Å². The summed E-state index contributed by atoms with van der Waals surface area (Å²) in [5.41, 5.74) is 1.79. The van der Waals surface area contributed by atoms with Gasteiger partial charge in [0.15, 0.2) is 0 Å². The van der Waals surface area contributed by atoms with Crippen LogP contribution in [0.25, 0.3) is 0 Å². The molecule has 1 heterocycles. The molecule has 1 rings (SSSR count). The third-order valence-electron chi connectivity index (χ3n) is 2.11. The first-order valence-electron chi connectivity index (χ1n) is 4.88. The van der Waals surface area contributed by atoms with Gasteiger partial charge in [0, 0.05) is 18.1 Å². The lowest BCUT2D eigenvalue weighted by atomic mass is 10.1. The fraction of sp³-hybridized carbons (Fsp3) is 0.455. The van der Waals surface area contributed by atoms with Crippen LogP contribution in [0.3, 0.4) is 0 Å². The zero-order valence-electron chi connectivity index (χ0n) is 9.12. The van der Waals surface area contributed by atoms with E-state index in [1.165, 1.54) is 0 Å². The number of hydrogen-bond donors (Lipinski definition) is 1. The van der Waals surface area contributed by atoms with Gasteiger partial charge in [-0.05, 0) is 24.5 Å². The molecular formula is C11H15BrN2O. The van der Waals surface area contributed by atoms with Crippen molar-refractivity contribution in [1.29, 1.82) is 0 Å². The van der Waals surface area contributed by atoms with E-state index < -0.39 is 0 Å². The van der Waals surface area contributed by atoms with Crippen molar-refractivity contribution in [2.24, 2.45) is 5.92 Å². The summed E-state index contributed by atoms with van der Waals surface area (Å²) in [4.78, 5) is 15.5. The second-order valence-electron chi connectivity index (χ2n) is 3.83. The van der Waals surface area contributed by atoms with E-state index in [-0.39, 0.29) is 16.7 Å². The number of aryl methyl sites for hydroxylation is 1. The summed E-state index contributed by atoms with van der Waals surface area (Å²) in [5.74, 6) is 0.256. The van der Waals surface area contributed by atoms with Gasteiger partial charge >= 0.3 is 0 Å². The monoisotopic (exact) mass is 270 g/mol. The minimum atomic E-state index is -0.162. The topological polar surface area (TPSA) is 42.0 Å². The van der Waals surface area contributed by atoms with Crippen molar-refractivity contribution in [2.75, 3.05) is 5.32 Å². The molecule has 1 amide bonds. The quantitative estimate of drug-likeness (QED) is 0.859. The number of hydrogen-bond acceptors (Lipinski definition) is 2. The smallest absolute Gasteiger partial charge is 0.238 e. The molecular weight excluding hydrogens is 256 g/mol. The Kier molecular flexibility index (Phi) is 4.27. The molecule has 0 saturated heterocycles. The number of amides is 1. The van der Waals surface area contributed by atoms with Gasteiger partial charge < -0.3 is 5.32 Å². The van der Waals surface area contributed by atoms with Crippen LogP contribution in [0.1, 0.15) is 19.4 Å². The normalized spacial score (nSPS) is 12.6. The number of nitrogens with one attached hydrogen (secondary N) is 1. The van der Waals surface area contributed by atoms with Crippen molar-refractivity contribution in [1.82, 2.24) is 4.98 Å². The molecule has 1 aromatic rings. The van der Waals surface area contributed by atoms with Crippen LogP contribution >= 0.6 is 15.9 Å². The van der Waals surface area contributed by atoms with Gasteiger partial charge in [0.25, 0.3) is 0 Å². The Morgan fingerprint density at radius 2 is 2.20 bits per heavy atom. The van der Waals surface area contributed by atoms with Gasteiger partial charge in [0.1, 0.15) is 0 Å². The molecule has 0 radical (unpaired) electrons. The van der Waals surface area contributed by atoms with E-state index in [0.717, 1.165) is 11.3 Å². The summed E-state index contributed by atoms with van der Waals surface area (Å²) >= 11 is 3.36. The highest BCUT2D eigenvalue weighted by molar-refractivity contribution is 9.10. The fourth-order valence-electron chi connectivity index (χ4n) is 1.12. The Bertz CT molecular complexity index is 352. The van der Waals surface area contributed by atoms with E-state index >= 15 is 0 Å². The third kappa shape index (κ3) is 3.30. The molecule has 1 atom stereocenters. The van der Waals surface area contributed by atoms with Crippen molar-refractivity contribution >= 4 is 27.5 Å². The molecule has 0 aliphatic heterocycles. The van der Waals surface area contributed by atoms with Crippen LogP contribution in [0.4, 0.5) is 5.69 Å². The first-order valence-corrected chi connectivity index (χ1v) is 5.79. The largest absolute Gasteiger partial charge is 0.325 e. The number of carbonyl (C=O) groups is 1. The molecule has 4 heteroatoms. The molecule has 82 valence electrons. The standard InChI is InChI=1S/C11H15BrN2O/c1-7(2)10(12)11(15)14-9-4-5-13-6-8(9)3/h4-7,10H,1-3H3,(H,13,14,15). The highest BCUT2D eigenvalue weighted by Crippen LogP contribution is 2.17. The summed E-state index contributed by atoms with van der Waals surface area (Å²) in [6.45, 7) is 5.91. The molecule has 15 heavy (non-hydrogen) atoms. The number of halogens is 1. The maximum absolute atomic E-state index is 11.7. The van der Waals surface area contributed by atoms with E-state index in [1.54, 1.807) is 18.5 Å². The first-order chi connectivity index (χ1) is 7.02. The minimum Gasteiger partial charge on any atom is -0.325 e. The average molecular weight is 271 g/mol. The summed E-state index contributed by atoms with van der Waals surface area (Å²) in [6.07, 6.45) is 3.40. The van der Waals surface area contributed by atoms with Crippen LogP contribution in [-0.2, 0) is 4.79 Å². The van der Waals surface area contributed by atoms with Gasteiger partial charge in [0.2, 0.25) is 5.91 Å². The molecule has 0 fully saturated rings. The predicted octanol–water partition coefficient (Wildman–Crippen LogP) is 2.75. The van der Waals surface area contributed by atoms with Crippen molar-refractivity contribution in [2.45, 2.75) is 25.6 Å². The molecule has 0 aliphatic rings. The molecule has 1 unspecified atom stereocenters. The molecule has 1 aromatic heterocycles. The Hall–Kier alpha value is -0.900. The van der Waals surface area contributed by atoms with Crippen LogP contribution in [0.15, 0.2) is 18.5 Å². The van der Waals surface area contributed by atoms with Gasteiger partial charge in [-0.25, -0.2) is 0 Å². The van der Waals surface area contributed by atoms with Gasteiger partial charge in [-0.2, -0.15) is 0 Å². The zero-order valence-corrected chi connectivity index (χ0v) is 10.7. The number of carbonyl (C=O) groups excluding carboxylic acids is 1. The SMILES string of the molecule is Cc1cnccc1NC(=O)C(Br)C(C)C. The zero-order chi connectivity index (χ0) is 11.4. The second-order valence-corrected chi connectivity index (χ2v) is 4.81. The highest BCUT2D eigenvalue weighted by atomic mass is 79.9. The summed E-state index contributed by atoms with van der Waals surface area (Å²) in [7, 11) is 0. The van der Waals surface area contributed by atoms with Crippen LogP contribution < -0.4 is 5.32 Å². The molecule has 1 N–H and O–H groups in total. The summed E-state index contributed by atoms with van der Waals surface area (Å²) in [5, 5.41) is 2.87. The predicted molar refractivity (Wildman–Crippen MR) is 65.2 cm³/mol. The van der Waals surface area contributed by atoms with Gasteiger partial charge in [-0.1, -0.05) is 29.8 Å². The fourth-order valence-corrected chi connectivity index (χ4v) is 1.23. The van der Waals surface area contributed by atoms with E-state index in [9.17, 15) is 4.79 Å². The van der Waals surface area contributed by atoms with Crippen LogP contribution in [0.2, 0.25) is 0 Å². The molecule has 0 spiro atoms. The number of nitrogens with zero attached hydrogens (tertiary/aromatic N) is 1. The number of pyridine rings is 1. The van der Waals surface area contributed by atoms with Gasteiger partial charge in [0.05, 0.1) is 4.83 Å². The Morgan fingerprint density at radius 3 is 2.73 bits per heavy atom. The van der Waals surface area contributed by atoms with Crippen molar-refractivity contribution in [3.05, 3.63) is 24.0 Å². The Morgan fingerprint density at radius 1 is 1.53 bits per heavy atom. The van der Waals surface area contributed by atoms with E-state index in [0.29, 0.717) is 0 Å². The maximum atomic E-state index is 11.7. The average Bonchev–Trinajstić information content (AvgIpc) is 2.20. The van der Waals surface area contributed by atoms with E-state index in [2.05, 4.69) is 26.2 Å². The van der Waals surface area contributed by atoms with Crippen molar-refractivity contribution in [3.63, 3.8) is 0 Å². The van der Waals surface area contributed by atoms with Crippen molar-refractivity contribution in [3.8, 4) is 0 Å². The Labute approximate surface area is 98.4 Å². The molecule has 0 bridgehead atoms. The molecule has 0 aliphatic carbocycles. The van der Waals surface area contributed by atoms with E-state index in [4.69, 9.17) is 0 Å². The lowest BCUT2D eigenvalue weighted by Gasteiger charge is -2.14. The minimum absolute atomic E-state index is 0.0145. The first kappa shape index (κ1) is 12.2. The van der Waals surface area contributed by atoms with Crippen LogP contribution in [0.5, 0.6) is 0 Å². The maximum Gasteiger partial charge on any atom is 0.238 e.